The van der Waals surface area contributed by atoms with Gasteiger partial charge >= 0.3 is 5.97 Å². The van der Waals surface area contributed by atoms with Crippen LogP contribution in [-0.4, -0.2) is 26.5 Å². The van der Waals surface area contributed by atoms with Gasteiger partial charge in [0.25, 0.3) is 10.0 Å². The Labute approximate surface area is 114 Å². The molecule has 2 aromatic heterocycles. The van der Waals surface area contributed by atoms with E-state index >= 15 is 0 Å². The van der Waals surface area contributed by atoms with Crippen LogP contribution in [0.2, 0.25) is 0 Å². The van der Waals surface area contributed by atoms with Crippen LogP contribution < -0.4 is 4.72 Å². The number of methoxy groups -OCH3 is 1. The van der Waals surface area contributed by atoms with Crippen molar-refractivity contribution in [2.75, 3.05) is 11.8 Å². The van der Waals surface area contributed by atoms with Gasteiger partial charge in [-0.25, -0.2) is 13.2 Å². The predicted molar refractivity (Wildman–Crippen MR) is 70.7 cm³/mol. The molecule has 0 fully saturated rings. The summed E-state index contributed by atoms with van der Waals surface area (Å²) < 4.78 is 31.1. The third-order valence-electron chi connectivity index (χ3n) is 2.17. The fourth-order valence-electron chi connectivity index (χ4n) is 1.30. The zero-order valence-electron chi connectivity index (χ0n) is 9.86. The Morgan fingerprint density at radius 3 is 2.58 bits per heavy atom. The number of esters is 1. The summed E-state index contributed by atoms with van der Waals surface area (Å²) in [6.45, 7) is 0. The van der Waals surface area contributed by atoms with Crippen LogP contribution in [0.3, 0.4) is 0 Å². The van der Waals surface area contributed by atoms with E-state index < -0.39 is 16.0 Å². The number of carbonyl (C=O) groups is 1. The van der Waals surface area contributed by atoms with Gasteiger partial charge in [-0.05, 0) is 24.3 Å². The number of ether oxygens (including phenoxy) is 1. The van der Waals surface area contributed by atoms with Crippen molar-refractivity contribution in [3.63, 3.8) is 0 Å². The molecular weight excluding hydrogens is 288 g/mol. The Kier molecular flexibility index (Phi) is 3.82. The number of hydrogen-bond donors (Lipinski definition) is 1. The third kappa shape index (κ3) is 3.09. The SMILES string of the molecule is COC(=O)c1ccc(S(=O)(=O)Nc2ccncc2)s1. The molecule has 0 atom stereocenters. The standard InChI is InChI=1S/C11H10N2O4S2/c1-17-11(14)9-2-3-10(18-9)19(15,16)13-8-4-6-12-7-5-8/h2-7H,1H3,(H,12,13). The number of anilines is 1. The first-order valence-electron chi connectivity index (χ1n) is 5.14. The van der Waals surface area contributed by atoms with Gasteiger partial charge in [0.15, 0.2) is 0 Å². The first-order valence-corrected chi connectivity index (χ1v) is 7.44. The van der Waals surface area contributed by atoms with Crippen LogP contribution in [0.5, 0.6) is 0 Å². The maximum absolute atomic E-state index is 12.1. The summed E-state index contributed by atoms with van der Waals surface area (Å²) in [7, 11) is -2.46. The molecule has 2 rings (SSSR count). The van der Waals surface area contributed by atoms with Crippen molar-refractivity contribution in [2.45, 2.75) is 4.21 Å². The number of thiophene rings is 1. The molecule has 6 nitrogen and oxygen atoms in total. The molecule has 1 N–H and O–H groups in total. The molecule has 0 aliphatic carbocycles. The monoisotopic (exact) mass is 298 g/mol. The Balaban J connectivity index is 2.25. The average Bonchev–Trinajstić information content (AvgIpc) is 2.89. The van der Waals surface area contributed by atoms with Crippen LogP contribution in [0.15, 0.2) is 40.9 Å². The third-order valence-corrected chi connectivity index (χ3v) is 5.10. The lowest BCUT2D eigenvalue weighted by molar-refractivity contribution is 0.0606. The van der Waals surface area contributed by atoms with Gasteiger partial charge in [-0.1, -0.05) is 0 Å². The minimum atomic E-state index is -3.70. The van der Waals surface area contributed by atoms with E-state index in [1.807, 2.05) is 0 Å². The topological polar surface area (TPSA) is 85.4 Å². The van der Waals surface area contributed by atoms with Crippen LogP contribution in [-0.2, 0) is 14.8 Å². The highest BCUT2D eigenvalue weighted by atomic mass is 32.2. The number of nitrogens with zero attached hydrogens (tertiary/aromatic N) is 1. The van der Waals surface area contributed by atoms with E-state index in [-0.39, 0.29) is 9.09 Å². The zero-order valence-corrected chi connectivity index (χ0v) is 11.5. The van der Waals surface area contributed by atoms with E-state index in [1.165, 1.54) is 43.8 Å². The maximum Gasteiger partial charge on any atom is 0.348 e. The molecule has 0 spiro atoms. The number of nitrogens with one attached hydrogen (secondary N) is 1. The van der Waals surface area contributed by atoms with Gasteiger partial charge in [-0.3, -0.25) is 9.71 Å². The van der Waals surface area contributed by atoms with Crippen molar-refractivity contribution in [2.24, 2.45) is 0 Å². The average molecular weight is 298 g/mol. The molecular formula is C11H10N2O4S2. The minimum absolute atomic E-state index is 0.0460. The van der Waals surface area contributed by atoms with E-state index in [2.05, 4.69) is 14.4 Å². The summed E-state index contributed by atoms with van der Waals surface area (Å²) in [5.41, 5.74) is 0.406. The van der Waals surface area contributed by atoms with Crippen LogP contribution >= 0.6 is 11.3 Å². The lowest BCUT2D eigenvalue weighted by Crippen LogP contribution is -2.11. The lowest BCUT2D eigenvalue weighted by Gasteiger charge is -2.04. The second kappa shape index (κ2) is 5.37. The molecule has 2 aromatic rings. The minimum Gasteiger partial charge on any atom is -0.465 e. The van der Waals surface area contributed by atoms with Crippen molar-refractivity contribution in [1.29, 1.82) is 0 Å². The maximum atomic E-state index is 12.1. The van der Waals surface area contributed by atoms with Gasteiger partial charge in [0.05, 0.1) is 12.8 Å². The first kappa shape index (κ1) is 13.5. The number of rotatable bonds is 4. The highest BCUT2D eigenvalue weighted by Gasteiger charge is 2.19. The van der Waals surface area contributed by atoms with Crippen molar-refractivity contribution in [3.8, 4) is 0 Å². The summed E-state index contributed by atoms with van der Waals surface area (Å²) in [5.74, 6) is -0.560. The van der Waals surface area contributed by atoms with Gasteiger partial charge < -0.3 is 4.74 Å². The van der Waals surface area contributed by atoms with E-state index in [9.17, 15) is 13.2 Å². The number of pyridine rings is 1. The Hall–Kier alpha value is -1.93. The Morgan fingerprint density at radius 2 is 1.95 bits per heavy atom. The fourth-order valence-corrected chi connectivity index (χ4v) is 3.58. The molecule has 8 heteroatoms. The first-order chi connectivity index (χ1) is 9.03. The van der Waals surface area contributed by atoms with Crippen molar-refractivity contribution < 1.29 is 17.9 Å². The molecule has 0 saturated heterocycles. The van der Waals surface area contributed by atoms with Crippen LogP contribution in [0.25, 0.3) is 0 Å². The van der Waals surface area contributed by atoms with E-state index in [0.717, 1.165) is 11.3 Å². The highest BCUT2D eigenvalue weighted by molar-refractivity contribution is 7.94. The summed E-state index contributed by atoms with van der Waals surface area (Å²) >= 11 is 0.851. The van der Waals surface area contributed by atoms with Gasteiger partial charge in [0.2, 0.25) is 0 Å². The second-order valence-corrected chi connectivity index (χ2v) is 6.44. The molecule has 0 aliphatic heterocycles. The molecule has 0 amide bonds. The number of carbonyl (C=O) groups excluding carboxylic acids is 1. The number of hydrogen-bond acceptors (Lipinski definition) is 6. The van der Waals surface area contributed by atoms with Crippen molar-refractivity contribution in [1.82, 2.24) is 4.98 Å². The fraction of sp³-hybridized carbons (Fsp3) is 0.0909. The summed E-state index contributed by atoms with van der Waals surface area (Å²) in [4.78, 5) is 15.3. The summed E-state index contributed by atoms with van der Waals surface area (Å²) in [6, 6.07) is 5.84. The van der Waals surface area contributed by atoms with Crippen LogP contribution in [0.1, 0.15) is 9.67 Å². The quantitative estimate of drug-likeness (QED) is 0.869. The largest absolute Gasteiger partial charge is 0.465 e. The van der Waals surface area contributed by atoms with Gasteiger partial charge in [0, 0.05) is 12.4 Å². The predicted octanol–water partition coefficient (Wildman–Crippen LogP) is 1.73. The molecule has 0 unspecified atom stereocenters. The number of aromatic nitrogens is 1. The summed E-state index contributed by atoms with van der Waals surface area (Å²) in [6.07, 6.45) is 2.96. The molecule has 0 radical (unpaired) electrons. The molecule has 0 bridgehead atoms. The van der Waals surface area contributed by atoms with Crippen molar-refractivity contribution >= 4 is 33.0 Å². The highest BCUT2D eigenvalue weighted by Crippen LogP contribution is 2.24. The molecule has 2 heterocycles. The Bertz CT molecular complexity index is 680. The van der Waals surface area contributed by atoms with Crippen LogP contribution in [0.4, 0.5) is 5.69 Å². The second-order valence-electron chi connectivity index (χ2n) is 3.45. The van der Waals surface area contributed by atoms with Gasteiger partial charge in [0.1, 0.15) is 9.09 Å². The molecule has 100 valence electrons. The number of sulfonamides is 1. The van der Waals surface area contributed by atoms with Crippen molar-refractivity contribution in [3.05, 3.63) is 41.5 Å². The van der Waals surface area contributed by atoms with E-state index in [4.69, 9.17) is 0 Å². The van der Waals surface area contributed by atoms with E-state index in [1.54, 1.807) is 0 Å². The van der Waals surface area contributed by atoms with Gasteiger partial charge in [-0.15, -0.1) is 11.3 Å². The smallest absolute Gasteiger partial charge is 0.348 e. The lowest BCUT2D eigenvalue weighted by atomic mass is 10.4. The summed E-state index contributed by atoms with van der Waals surface area (Å²) in [5, 5.41) is 0. The normalized spacial score (nSPS) is 11.0. The molecule has 19 heavy (non-hydrogen) atoms. The molecule has 0 aromatic carbocycles. The van der Waals surface area contributed by atoms with E-state index in [0.29, 0.717) is 5.69 Å². The van der Waals surface area contributed by atoms with Crippen LogP contribution in [0, 0.1) is 0 Å². The molecule has 0 saturated carbocycles. The van der Waals surface area contributed by atoms with Gasteiger partial charge in [-0.2, -0.15) is 0 Å². The zero-order chi connectivity index (χ0) is 13.9. The Morgan fingerprint density at radius 1 is 1.26 bits per heavy atom. The molecule has 0 aliphatic rings.